The zero-order chi connectivity index (χ0) is 36.9. The van der Waals surface area contributed by atoms with Gasteiger partial charge in [0.05, 0.1) is 49.7 Å². The maximum absolute atomic E-state index is 5.65. The molecular weight excluding hydrogens is 695 g/mol. The van der Waals surface area contributed by atoms with Crippen LogP contribution in [0.25, 0.3) is 126 Å². The maximum atomic E-state index is 5.65. The van der Waals surface area contributed by atoms with Crippen LogP contribution in [0.3, 0.4) is 0 Å². The van der Waals surface area contributed by atoms with Crippen molar-refractivity contribution < 1.29 is 0 Å². The smallest absolute Gasteiger partial charge is 0.182 e. The van der Waals surface area contributed by atoms with E-state index in [1.165, 1.54) is 81.2 Å². The van der Waals surface area contributed by atoms with Gasteiger partial charge in [-0.3, -0.25) is 9.13 Å². The molecule has 5 nitrogen and oxygen atoms in total. The third-order valence-electron chi connectivity index (χ3n) is 12.5. The van der Waals surface area contributed by atoms with Gasteiger partial charge < -0.3 is 4.40 Å². The molecule has 5 aromatic heterocycles. The summed E-state index contributed by atoms with van der Waals surface area (Å²) in [7, 11) is 0. The van der Waals surface area contributed by atoms with E-state index in [1.807, 2.05) is 0 Å². The van der Waals surface area contributed by atoms with Crippen LogP contribution in [0.1, 0.15) is 0 Å². The molecule has 0 fully saturated rings. The van der Waals surface area contributed by atoms with E-state index in [1.54, 1.807) is 0 Å². The zero-order valence-electron chi connectivity index (χ0n) is 30.5. The highest BCUT2D eigenvalue weighted by molar-refractivity contribution is 6.36. The van der Waals surface area contributed by atoms with Crippen molar-refractivity contribution in [3.8, 4) is 11.6 Å². The van der Waals surface area contributed by atoms with Crippen molar-refractivity contribution in [3.63, 3.8) is 0 Å². The summed E-state index contributed by atoms with van der Waals surface area (Å²) in [5, 5.41) is 14.7. The second-order valence-corrected chi connectivity index (χ2v) is 15.4. The molecule has 0 radical (unpaired) electrons. The van der Waals surface area contributed by atoms with E-state index in [0.717, 1.165) is 44.7 Å². The minimum atomic E-state index is 0.793. The summed E-state index contributed by atoms with van der Waals surface area (Å²) in [6, 6.07) is 63.8. The summed E-state index contributed by atoms with van der Waals surface area (Å²) in [5.74, 6) is 1.59. The quantitative estimate of drug-likeness (QED) is 0.178. The third kappa shape index (κ3) is 3.69. The Labute approximate surface area is 324 Å². The zero-order valence-corrected chi connectivity index (χ0v) is 30.5. The summed E-state index contributed by atoms with van der Waals surface area (Å²) in [6.07, 6.45) is 0. The van der Waals surface area contributed by atoms with Gasteiger partial charge in [-0.25, -0.2) is 9.97 Å². The van der Waals surface area contributed by atoms with E-state index in [-0.39, 0.29) is 0 Å². The molecule has 0 N–H and O–H groups in total. The number of para-hydroxylation sites is 5. The van der Waals surface area contributed by atoms with Crippen molar-refractivity contribution in [2.45, 2.75) is 0 Å². The Kier molecular flexibility index (Phi) is 5.45. The maximum Gasteiger partial charge on any atom is 0.182 e. The average Bonchev–Trinajstić information content (AvgIpc) is 3.99. The molecule has 0 saturated heterocycles. The van der Waals surface area contributed by atoms with Crippen molar-refractivity contribution in [3.05, 3.63) is 176 Å². The van der Waals surface area contributed by atoms with E-state index in [0.29, 0.717) is 0 Å². The van der Waals surface area contributed by atoms with Gasteiger partial charge in [-0.15, -0.1) is 0 Å². The van der Waals surface area contributed by atoms with Gasteiger partial charge in [-0.05, 0) is 76.1 Å². The average molecular weight is 724 g/mol. The number of hydrogen-bond acceptors (Lipinski definition) is 2. The highest BCUT2D eigenvalue weighted by Gasteiger charge is 2.27. The summed E-state index contributed by atoms with van der Waals surface area (Å²) >= 11 is 0. The van der Waals surface area contributed by atoms with Gasteiger partial charge in [-0.1, -0.05) is 121 Å². The first-order chi connectivity index (χ1) is 28.3. The second-order valence-electron chi connectivity index (χ2n) is 15.4. The van der Waals surface area contributed by atoms with Crippen LogP contribution in [-0.4, -0.2) is 23.5 Å². The van der Waals surface area contributed by atoms with E-state index in [4.69, 9.17) is 9.97 Å². The Morgan fingerprint density at radius 2 is 0.842 bits per heavy atom. The lowest BCUT2D eigenvalue weighted by atomic mass is 10.0. The first kappa shape index (κ1) is 29.6. The van der Waals surface area contributed by atoms with E-state index in [9.17, 15) is 0 Å². The van der Waals surface area contributed by atoms with Gasteiger partial charge in [0.2, 0.25) is 0 Å². The van der Waals surface area contributed by atoms with Crippen molar-refractivity contribution in [1.82, 2.24) is 23.5 Å². The first-order valence-corrected chi connectivity index (χ1v) is 19.5. The molecule has 0 aliphatic carbocycles. The molecule has 262 valence electrons. The molecule has 0 saturated carbocycles. The van der Waals surface area contributed by atoms with E-state index in [2.05, 4.69) is 189 Å². The number of aromatic nitrogens is 5. The number of rotatable bonds is 2. The minimum absolute atomic E-state index is 0.793. The summed E-state index contributed by atoms with van der Waals surface area (Å²) < 4.78 is 7.24. The summed E-state index contributed by atoms with van der Waals surface area (Å²) in [5.41, 5.74) is 9.82. The van der Waals surface area contributed by atoms with Crippen LogP contribution in [0.5, 0.6) is 0 Å². The van der Waals surface area contributed by atoms with Gasteiger partial charge in [0.1, 0.15) is 0 Å². The molecule has 14 rings (SSSR count). The first-order valence-electron chi connectivity index (χ1n) is 19.5. The third-order valence-corrected chi connectivity index (χ3v) is 12.5. The van der Waals surface area contributed by atoms with Gasteiger partial charge in [0.25, 0.3) is 0 Å². The van der Waals surface area contributed by atoms with Gasteiger partial charge in [0, 0.05) is 43.1 Å². The molecule has 14 aromatic rings. The van der Waals surface area contributed by atoms with E-state index < -0.39 is 0 Å². The Morgan fingerprint density at radius 1 is 0.298 bits per heavy atom. The van der Waals surface area contributed by atoms with Crippen LogP contribution in [-0.2, 0) is 0 Å². The van der Waals surface area contributed by atoms with Gasteiger partial charge in [-0.2, -0.15) is 0 Å². The van der Waals surface area contributed by atoms with Gasteiger partial charge >= 0.3 is 0 Å². The van der Waals surface area contributed by atoms with Crippen LogP contribution >= 0.6 is 0 Å². The number of fused-ring (bicyclic) bond motifs is 17. The molecule has 0 aliphatic rings. The number of hydrogen-bond donors (Lipinski definition) is 0. The van der Waals surface area contributed by atoms with Crippen LogP contribution in [0.15, 0.2) is 176 Å². The highest BCUT2D eigenvalue weighted by Crippen LogP contribution is 2.48. The Hall–Kier alpha value is -7.76. The molecular formula is C52H29N5. The highest BCUT2D eigenvalue weighted by atomic mass is 15.2. The SMILES string of the molecule is c1ccc2cc3c(cc2c1)c1c2c4ccccc4n4c5ccccc5c(cc1n3-c1nc3ccccc3nc1-n1c3ccccc3c3c5ccccc5ccc31)c24. The molecule has 9 aromatic carbocycles. The topological polar surface area (TPSA) is 40.1 Å². The Bertz CT molecular complexity index is 4050. The predicted molar refractivity (Wildman–Crippen MR) is 238 cm³/mol. The van der Waals surface area contributed by atoms with Crippen molar-refractivity contribution in [2.24, 2.45) is 0 Å². The lowest BCUT2D eigenvalue weighted by molar-refractivity contribution is 0.997. The fourth-order valence-electron chi connectivity index (χ4n) is 10.2. The molecule has 5 heterocycles. The number of nitrogens with zero attached hydrogens (tertiary/aromatic N) is 5. The molecule has 0 spiro atoms. The summed E-state index contributed by atoms with van der Waals surface area (Å²) in [6.45, 7) is 0. The molecule has 57 heavy (non-hydrogen) atoms. The normalized spacial score (nSPS) is 12.6. The van der Waals surface area contributed by atoms with Gasteiger partial charge in [0.15, 0.2) is 11.6 Å². The Morgan fingerprint density at radius 3 is 1.58 bits per heavy atom. The van der Waals surface area contributed by atoms with E-state index >= 15 is 0 Å². The molecule has 5 heteroatoms. The lowest BCUT2D eigenvalue weighted by Gasteiger charge is -2.16. The van der Waals surface area contributed by atoms with Crippen LogP contribution in [0.4, 0.5) is 0 Å². The molecule has 0 unspecified atom stereocenters. The lowest BCUT2D eigenvalue weighted by Crippen LogP contribution is -2.09. The van der Waals surface area contributed by atoms with Crippen molar-refractivity contribution in [1.29, 1.82) is 0 Å². The fourth-order valence-corrected chi connectivity index (χ4v) is 10.2. The van der Waals surface area contributed by atoms with Crippen LogP contribution < -0.4 is 0 Å². The molecule has 0 bridgehead atoms. The van der Waals surface area contributed by atoms with Crippen LogP contribution in [0.2, 0.25) is 0 Å². The predicted octanol–water partition coefficient (Wildman–Crippen LogP) is 13.3. The molecule has 0 atom stereocenters. The van der Waals surface area contributed by atoms with Crippen LogP contribution in [0, 0.1) is 0 Å². The fraction of sp³-hybridized carbons (Fsp3) is 0. The standard InChI is InChI=1S/C52H29N5/c1-2-15-32-28-45-38(27-31(32)14-1)48-46(29-37-34-17-5-10-22-41(34)55-42-23-11-7-19-36(42)49(48)50(37)55)57(45)52-51(53-39-20-8-9-21-40(39)54-52)56-43-24-12-6-18-35(43)47-33-16-4-3-13-30(33)25-26-44(47)56/h1-29H. The second kappa shape index (κ2) is 10.5. The van der Waals surface area contributed by atoms with Crippen molar-refractivity contribution >= 4 is 114 Å². The molecule has 0 amide bonds. The Balaban J connectivity index is 1.25. The monoisotopic (exact) mass is 723 g/mol. The summed E-state index contributed by atoms with van der Waals surface area (Å²) in [4.78, 5) is 11.2. The number of benzene rings is 9. The largest absolute Gasteiger partial charge is 0.308 e. The minimum Gasteiger partial charge on any atom is -0.308 e. The van der Waals surface area contributed by atoms with Crippen molar-refractivity contribution in [2.75, 3.05) is 0 Å². The molecule has 0 aliphatic heterocycles.